The van der Waals surface area contributed by atoms with E-state index in [0.717, 1.165) is 12.8 Å². The van der Waals surface area contributed by atoms with E-state index in [-0.39, 0.29) is 11.5 Å². The predicted octanol–water partition coefficient (Wildman–Crippen LogP) is 4.33. The maximum atomic E-state index is 12.6. The number of ketones is 1. The molecule has 0 saturated heterocycles. The molecule has 0 heterocycles. The van der Waals surface area contributed by atoms with Crippen LogP contribution in [0.15, 0.2) is 53.7 Å². The average Bonchev–Trinajstić information content (AvgIpc) is 2.66. The molecule has 0 bridgehead atoms. The number of carbonyl (C=O) groups is 1. The molecule has 2 aromatic carbocycles. The highest BCUT2D eigenvalue weighted by molar-refractivity contribution is 6.51. The molecule has 1 N–H and O–H groups in total. The van der Waals surface area contributed by atoms with Crippen LogP contribution in [0.4, 0.5) is 0 Å². The molecule has 0 aliphatic rings. The molecule has 0 aliphatic heterocycles. The Bertz CT molecular complexity index is 705. The molecule has 0 amide bonds. The van der Waals surface area contributed by atoms with Crippen molar-refractivity contribution >= 4 is 11.5 Å². The molecule has 0 spiro atoms. The zero-order valence-electron chi connectivity index (χ0n) is 14.6. The van der Waals surface area contributed by atoms with Gasteiger partial charge in [0.05, 0.1) is 13.2 Å². The van der Waals surface area contributed by atoms with Crippen molar-refractivity contribution in [1.29, 1.82) is 0 Å². The molecule has 0 radical (unpaired) electrons. The van der Waals surface area contributed by atoms with Crippen LogP contribution in [0.2, 0.25) is 0 Å². The van der Waals surface area contributed by atoms with Gasteiger partial charge in [-0.15, -0.1) is 0 Å². The van der Waals surface area contributed by atoms with Gasteiger partial charge in [-0.25, -0.2) is 0 Å². The van der Waals surface area contributed by atoms with Gasteiger partial charge in [0.15, 0.2) is 5.71 Å². The molecule has 0 aromatic heterocycles. The van der Waals surface area contributed by atoms with Gasteiger partial charge < -0.3 is 14.7 Å². The monoisotopic (exact) mass is 341 g/mol. The van der Waals surface area contributed by atoms with Gasteiger partial charge in [-0.2, -0.15) is 0 Å². The van der Waals surface area contributed by atoms with Crippen LogP contribution in [0.3, 0.4) is 0 Å². The lowest BCUT2D eigenvalue weighted by atomic mass is 10.0. The summed E-state index contributed by atoms with van der Waals surface area (Å²) in [7, 11) is 0. The van der Waals surface area contributed by atoms with Gasteiger partial charge >= 0.3 is 0 Å². The summed E-state index contributed by atoms with van der Waals surface area (Å²) < 4.78 is 11.0. The van der Waals surface area contributed by atoms with E-state index in [2.05, 4.69) is 5.16 Å². The van der Waals surface area contributed by atoms with Crippen LogP contribution in [0.1, 0.15) is 42.6 Å². The third kappa shape index (κ3) is 5.08. The standard InChI is InChI=1S/C20H23NO4/c1-3-13-24-17-9-5-15(6-10-17)19(21-23)20(22)16-7-11-18(12-8-16)25-14-4-2/h5-12,23H,3-4,13-14H2,1-2H3/b21-19-. The third-order valence-corrected chi connectivity index (χ3v) is 3.51. The van der Waals surface area contributed by atoms with Crippen molar-refractivity contribution in [2.45, 2.75) is 26.7 Å². The Labute approximate surface area is 147 Å². The summed E-state index contributed by atoms with van der Waals surface area (Å²) in [5.74, 6) is 1.07. The van der Waals surface area contributed by atoms with E-state index in [1.165, 1.54) is 0 Å². The second kappa shape index (κ2) is 9.47. The molecular formula is C20H23NO4. The van der Waals surface area contributed by atoms with E-state index in [0.29, 0.717) is 35.8 Å². The summed E-state index contributed by atoms with van der Waals surface area (Å²) in [6.45, 7) is 5.32. The summed E-state index contributed by atoms with van der Waals surface area (Å²) in [6, 6.07) is 13.7. The van der Waals surface area contributed by atoms with Crippen molar-refractivity contribution in [2.75, 3.05) is 13.2 Å². The summed E-state index contributed by atoms with van der Waals surface area (Å²) in [5.41, 5.74) is 0.954. The van der Waals surface area contributed by atoms with Crippen molar-refractivity contribution in [2.24, 2.45) is 5.16 Å². The van der Waals surface area contributed by atoms with Gasteiger partial charge in [0.2, 0.25) is 5.78 Å². The maximum absolute atomic E-state index is 12.6. The lowest BCUT2D eigenvalue weighted by Gasteiger charge is -2.08. The van der Waals surface area contributed by atoms with Crippen LogP contribution in [0, 0.1) is 0 Å². The van der Waals surface area contributed by atoms with Gasteiger partial charge in [0.25, 0.3) is 0 Å². The van der Waals surface area contributed by atoms with E-state index in [1.54, 1.807) is 48.5 Å². The average molecular weight is 341 g/mol. The number of hydrogen-bond acceptors (Lipinski definition) is 5. The van der Waals surface area contributed by atoms with Crippen molar-refractivity contribution in [3.8, 4) is 11.5 Å². The Morgan fingerprint density at radius 1 is 0.840 bits per heavy atom. The number of ether oxygens (including phenoxy) is 2. The summed E-state index contributed by atoms with van der Waals surface area (Å²) in [5, 5.41) is 12.5. The minimum atomic E-state index is -0.355. The highest BCUT2D eigenvalue weighted by Crippen LogP contribution is 2.17. The second-order valence-electron chi connectivity index (χ2n) is 5.52. The number of nitrogens with zero attached hydrogens (tertiary/aromatic N) is 1. The minimum absolute atomic E-state index is 0.00994. The first-order valence-electron chi connectivity index (χ1n) is 8.42. The Morgan fingerprint density at radius 2 is 1.28 bits per heavy atom. The first kappa shape index (κ1) is 18.5. The molecule has 0 aliphatic carbocycles. The number of benzene rings is 2. The zero-order valence-corrected chi connectivity index (χ0v) is 14.6. The van der Waals surface area contributed by atoms with Gasteiger partial charge in [-0.3, -0.25) is 4.79 Å². The maximum Gasteiger partial charge on any atom is 0.215 e. The van der Waals surface area contributed by atoms with Crippen molar-refractivity contribution in [3.63, 3.8) is 0 Å². The number of Topliss-reactive ketones (excluding diaryl/α,β-unsaturated/α-hetero) is 1. The summed E-state index contributed by atoms with van der Waals surface area (Å²) in [6.07, 6.45) is 1.83. The van der Waals surface area contributed by atoms with Crippen LogP contribution in [0.25, 0.3) is 0 Å². The molecule has 2 aromatic rings. The second-order valence-corrected chi connectivity index (χ2v) is 5.52. The van der Waals surface area contributed by atoms with Crippen LogP contribution in [-0.4, -0.2) is 29.9 Å². The SMILES string of the molecule is CCCOc1ccc(C(=O)/C(=N\O)c2ccc(OCCC)cc2)cc1. The van der Waals surface area contributed by atoms with Crippen LogP contribution < -0.4 is 9.47 Å². The van der Waals surface area contributed by atoms with E-state index in [9.17, 15) is 10.0 Å². The van der Waals surface area contributed by atoms with E-state index < -0.39 is 0 Å². The highest BCUT2D eigenvalue weighted by atomic mass is 16.5. The van der Waals surface area contributed by atoms with Crippen molar-refractivity contribution in [3.05, 3.63) is 59.7 Å². The van der Waals surface area contributed by atoms with Gasteiger partial charge in [0, 0.05) is 11.1 Å². The molecule has 0 atom stereocenters. The fourth-order valence-electron chi connectivity index (χ4n) is 2.22. The number of hydrogen-bond donors (Lipinski definition) is 1. The molecule has 132 valence electrons. The molecular weight excluding hydrogens is 318 g/mol. The van der Waals surface area contributed by atoms with Crippen LogP contribution in [0.5, 0.6) is 11.5 Å². The third-order valence-electron chi connectivity index (χ3n) is 3.51. The lowest BCUT2D eigenvalue weighted by Crippen LogP contribution is -2.16. The minimum Gasteiger partial charge on any atom is -0.494 e. The van der Waals surface area contributed by atoms with Crippen LogP contribution >= 0.6 is 0 Å². The largest absolute Gasteiger partial charge is 0.494 e. The fraction of sp³-hybridized carbons (Fsp3) is 0.300. The quantitative estimate of drug-likeness (QED) is 0.319. The van der Waals surface area contributed by atoms with Crippen molar-refractivity contribution in [1.82, 2.24) is 0 Å². The van der Waals surface area contributed by atoms with E-state index in [4.69, 9.17) is 9.47 Å². The van der Waals surface area contributed by atoms with Crippen molar-refractivity contribution < 1.29 is 19.5 Å². The topological polar surface area (TPSA) is 68.1 Å². The molecule has 25 heavy (non-hydrogen) atoms. The van der Waals surface area contributed by atoms with Gasteiger partial charge in [-0.05, 0) is 61.4 Å². The van der Waals surface area contributed by atoms with E-state index in [1.807, 2.05) is 13.8 Å². The normalized spacial score (nSPS) is 11.2. The molecule has 0 saturated carbocycles. The highest BCUT2D eigenvalue weighted by Gasteiger charge is 2.17. The Balaban J connectivity index is 2.12. The summed E-state index contributed by atoms with van der Waals surface area (Å²) >= 11 is 0. The van der Waals surface area contributed by atoms with Crippen LogP contribution in [-0.2, 0) is 0 Å². The molecule has 2 rings (SSSR count). The fourth-order valence-corrected chi connectivity index (χ4v) is 2.22. The number of carbonyl (C=O) groups excluding carboxylic acids is 1. The van der Waals surface area contributed by atoms with Gasteiger partial charge in [-0.1, -0.05) is 19.0 Å². The molecule has 0 unspecified atom stereocenters. The van der Waals surface area contributed by atoms with Gasteiger partial charge in [0.1, 0.15) is 11.5 Å². The first-order chi connectivity index (χ1) is 12.2. The zero-order chi connectivity index (χ0) is 18.1. The summed E-state index contributed by atoms with van der Waals surface area (Å²) in [4.78, 5) is 12.6. The number of rotatable bonds is 9. The Morgan fingerprint density at radius 3 is 1.68 bits per heavy atom. The molecule has 5 heteroatoms. The smallest absolute Gasteiger partial charge is 0.215 e. The number of oxime groups is 1. The predicted molar refractivity (Wildman–Crippen MR) is 97.1 cm³/mol. The Hall–Kier alpha value is -2.82. The van der Waals surface area contributed by atoms with E-state index >= 15 is 0 Å². The molecule has 5 nitrogen and oxygen atoms in total. The first-order valence-corrected chi connectivity index (χ1v) is 8.42. The molecule has 0 fully saturated rings. The lowest BCUT2D eigenvalue weighted by molar-refractivity contribution is 0.106. The Kier molecular flexibility index (Phi) is 7.01.